The van der Waals surface area contributed by atoms with Gasteiger partial charge in [-0.2, -0.15) is 0 Å². The Balaban J connectivity index is 1.95. The molecule has 126 valence electrons. The minimum absolute atomic E-state index is 0.0505. The van der Waals surface area contributed by atoms with Crippen LogP contribution in [0.15, 0.2) is 47.4 Å². The third kappa shape index (κ3) is 5.13. The maximum absolute atomic E-state index is 12.3. The molecule has 2 amide bonds. The molecule has 5 heteroatoms. The van der Waals surface area contributed by atoms with E-state index in [9.17, 15) is 9.59 Å². The summed E-state index contributed by atoms with van der Waals surface area (Å²) < 4.78 is 0. The van der Waals surface area contributed by atoms with Crippen molar-refractivity contribution in [2.75, 3.05) is 10.6 Å². The molecule has 4 nitrogen and oxygen atoms in total. The van der Waals surface area contributed by atoms with Crippen LogP contribution >= 0.6 is 11.8 Å². The van der Waals surface area contributed by atoms with Gasteiger partial charge < -0.3 is 10.6 Å². The van der Waals surface area contributed by atoms with Crippen LogP contribution in [0.2, 0.25) is 0 Å². The second-order valence-electron chi connectivity index (χ2n) is 5.75. The van der Waals surface area contributed by atoms with Gasteiger partial charge in [0, 0.05) is 23.2 Å². The topological polar surface area (TPSA) is 58.2 Å². The van der Waals surface area contributed by atoms with Crippen LogP contribution in [0.3, 0.4) is 0 Å². The summed E-state index contributed by atoms with van der Waals surface area (Å²) >= 11 is 1.54. The molecular weight excluding hydrogens is 320 g/mol. The fraction of sp³-hybridized carbons (Fsp3) is 0.263. The minimum atomic E-state index is -0.206. The zero-order valence-corrected chi connectivity index (χ0v) is 15.2. The number of aryl methyl sites for hydroxylation is 2. The van der Waals surface area contributed by atoms with Gasteiger partial charge in [-0.3, -0.25) is 9.59 Å². The fourth-order valence-corrected chi connectivity index (χ4v) is 3.09. The van der Waals surface area contributed by atoms with Crippen LogP contribution in [-0.4, -0.2) is 17.1 Å². The Morgan fingerprint density at radius 2 is 1.50 bits per heavy atom. The number of carbonyl (C=O) groups is 2. The molecule has 0 spiro atoms. The summed E-state index contributed by atoms with van der Waals surface area (Å²) in [5.41, 5.74) is 3.89. The lowest BCUT2D eigenvalue weighted by molar-refractivity contribution is -0.115. The predicted octanol–water partition coefficient (Wildman–Crippen LogP) is 4.38. The highest BCUT2D eigenvalue weighted by atomic mass is 32.2. The zero-order chi connectivity index (χ0) is 17.7. The maximum Gasteiger partial charge on any atom is 0.237 e. The van der Waals surface area contributed by atoms with Gasteiger partial charge in [0.1, 0.15) is 0 Å². The molecule has 0 aliphatic rings. The average molecular weight is 342 g/mol. The van der Waals surface area contributed by atoms with Crippen LogP contribution in [-0.2, 0) is 9.59 Å². The quantitative estimate of drug-likeness (QED) is 0.793. The molecule has 0 fully saturated rings. The first-order chi connectivity index (χ1) is 11.3. The molecule has 0 saturated heterocycles. The maximum atomic E-state index is 12.3. The molecule has 2 aromatic carbocycles. The lowest BCUT2D eigenvalue weighted by Crippen LogP contribution is -2.22. The Bertz CT molecular complexity index is 742. The van der Waals surface area contributed by atoms with Crippen LogP contribution in [0.1, 0.15) is 25.0 Å². The predicted molar refractivity (Wildman–Crippen MR) is 101 cm³/mol. The molecule has 1 unspecified atom stereocenters. The second kappa shape index (κ2) is 8.02. The Morgan fingerprint density at radius 1 is 0.917 bits per heavy atom. The Kier molecular flexibility index (Phi) is 6.04. The summed E-state index contributed by atoms with van der Waals surface area (Å²) in [5, 5.41) is 5.38. The Morgan fingerprint density at radius 3 is 2.04 bits per heavy atom. The summed E-state index contributed by atoms with van der Waals surface area (Å²) in [6.07, 6.45) is 0. The van der Waals surface area contributed by atoms with Crippen LogP contribution in [0.5, 0.6) is 0 Å². The highest BCUT2D eigenvalue weighted by Gasteiger charge is 2.15. The lowest BCUT2D eigenvalue weighted by Gasteiger charge is -2.13. The highest BCUT2D eigenvalue weighted by molar-refractivity contribution is 8.00. The van der Waals surface area contributed by atoms with E-state index >= 15 is 0 Å². The van der Waals surface area contributed by atoms with Crippen molar-refractivity contribution >= 4 is 35.0 Å². The first-order valence-corrected chi connectivity index (χ1v) is 8.65. The number of hydrogen-bond donors (Lipinski definition) is 2. The molecule has 0 aromatic heterocycles. The van der Waals surface area contributed by atoms with Gasteiger partial charge in [-0.1, -0.05) is 6.07 Å². The number of rotatable bonds is 5. The first-order valence-electron chi connectivity index (χ1n) is 7.77. The molecule has 2 N–H and O–H groups in total. The number of benzene rings is 2. The monoisotopic (exact) mass is 342 g/mol. The van der Waals surface area contributed by atoms with E-state index in [0.29, 0.717) is 11.4 Å². The third-order valence-corrected chi connectivity index (χ3v) is 4.73. The van der Waals surface area contributed by atoms with Crippen LogP contribution in [0, 0.1) is 13.8 Å². The summed E-state index contributed by atoms with van der Waals surface area (Å²) in [6, 6.07) is 13.3. The van der Waals surface area contributed by atoms with Crippen molar-refractivity contribution in [1.82, 2.24) is 0 Å². The zero-order valence-electron chi connectivity index (χ0n) is 14.3. The average Bonchev–Trinajstić information content (AvgIpc) is 2.52. The van der Waals surface area contributed by atoms with Crippen molar-refractivity contribution in [2.24, 2.45) is 0 Å². The third-order valence-electron chi connectivity index (χ3n) is 3.63. The van der Waals surface area contributed by atoms with E-state index in [0.717, 1.165) is 4.90 Å². The molecule has 2 aromatic rings. The van der Waals surface area contributed by atoms with Crippen molar-refractivity contribution in [1.29, 1.82) is 0 Å². The highest BCUT2D eigenvalue weighted by Crippen LogP contribution is 2.26. The molecule has 1 atom stereocenters. The molecule has 0 radical (unpaired) electrons. The van der Waals surface area contributed by atoms with E-state index in [2.05, 4.69) is 36.6 Å². The summed E-state index contributed by atoms with van der Waals surface area (Å²) in [4.78, 5) is 24.4. The van der Waals surface area contributed by atoms with E-state index < -0.39 is 0 Å². The molecular formula is C19H22N2O2S. The van der Waals surface area contributed by atoms with Crippen molar-refractivity contribution in [3.8, 4) is 0 Å². The van der Waals surface area contributed by atoms with Gasteiger partial charge in [-0.25, -0.2) is 0 Å². The molecule has 0 aliphatic heterocycles. The summed E-state index contributed by atoms with van der Waals surface area (Å²) in [7, 11) is 0. The van der Waals surface area contributed by atoms with Crippen molar-refractivity contribution < 1.29 is 9.59 Å². The molecule has 24 heavy (non-hydrogen) atoms. The Labute approximate surface area is 147 Å². The van der Waals surface area contributed by atoms with E-state index in [1.165, 1.54) is 29.8 Å². The standard InChI is InChI=1S/C19H22N2O2S/c1-12-5-10-18(11-13(12)2)24-14(3)19(23)21-17-8-6-16(7-9-17)20-15(4)22/h5-11,14H,1-4H3,(H,20,22)(H,21,23). The number of amides is 2. The lowest BCUT2D eigenvalue weighted by atomic mass is 10.1. The van der Waals surface area contributed by atoms with Gasteiger partial charge in [0.05, 0.1) is 5.25 Å². The number of thioether (sulfide) groups is 1. The second-order valence-corrected chi connectivity index (χ2v) is 7.17. The van der Waals surface area contributed by atoms with Gasteiger partial charge in [-0.05, 0) is 68.3 Å². The van der Waals surface area contributed by atoms with Gasteiger partial charge in [0.15, 0.2) is 0 Å². The van der Waals surface area contributed by atoms with Crippen LogP contribution in [0.25, 0.3) is 0 Å². The number of nitrogens with one attached hydrogen (secondary N) is 2. The van der Waals surface area contributed by atoms with Crippen molar-refractivity contribution in [2.45, 2.75) is 37.8 Å². The van der Waals surface area contributed by atoms with E-state index in [1.807, 2.05) is 13.0 Å². The van der Waals surface area contributed by atoms with E-state index in [1.54, 1.807) is 24.3 Å². The first kappa shape index (κ1) is 18.1. The van der Waals surface area contributed by atoms with Crippen molar-refractivity contribution in [3.05, 3.63) is 53.6 Å². The van der Waals surface area contributed by atoms with Gasteiger partial charge >= 0.3 is 0 Å². The molecule has 0 heterocycles. The molecule has 2 rings (SSSR count). The fourth-order valence-electron chi connectivity index (χ4n) is 2.13. The van der Waals surface area contributed by atoms with Gasteiger partial charge in [0.2, 0.25) is 11.8 Å². The SMILES string of the molecule is CC(=O)Nc1ccc(NC(=O)C(C)Sc2ccc(C)c(C)c2)cc1. The normalized spacial score (nSPS) is 11.7. The van der Waals surface area contributed by atoms with Crippen molar-refractivity contribution in [3.63, 3.8) is 0 Å². The van der Waals surface area contributed by atoms with Crippen LogP contribution in [0.4, 0.5) is 11.4 Å². The van der Waals surface area contributed by atoms with E-state index in [-0.39, 0.29) is 17.1 Å². The molecule has 0 saturated carbocycles. The number of anilines is 2. The largest absolute Gasteiger partial charge is 0.326 e. The molecule has 0 bridgehead atoms. The van der Waals surface area contributed by atoms with Crippen LogP contribution < -0.4 is 10.6 Å². The summed E-state index contributed by atoms with van der Waals surface area (Å²) in [6.45, 7) is 7.49. The van der Waals surface area contributed by atoms with Gasteiger partial charge in [0.25, 0.3) is 0 Å². The van der Waals surface area contributed by atoms with Gasteiger partial charge in [-0.15, -0.1) is 11.8 Å². The molecule has 0 aliphatic carbocycles. The minimum Gasteiger partial charge on any atom is -0.326 e. The van der Waals surface area contributed by atoms with E-state index in [4.69, 9.17) is 0 Å². The summed E-state index contributed by atoms with van der Waals surface area (Å²) in [5.74, 6) is -0.171. The number of carbonyl (C=O) groups excluding carboxylic acids is 2. The Hall–Kier alpha value is -2.27. The smallest absolute Gasteiger partial charge is 0.237 e. The number of hydrogen-bond acceptors (Lipinski definition) is 3.